The minimum atomic E-state index is -1.69. The third-order valence-electron chi connectivity index (χ3n) is 4.01. The zero-order valence-corrected chi connectivity index (χ0v) is 14.5. The first kappa shape index (κ1) is 19.5. The molecule has 2 amide bonds. The largest absolute Gasteiger partial charge is 0.350 e. The molecule has 0 aromatic heterocycles. The summed E-state index contributed by atoms with van der Waals surface area (Å²) in [6.45, 7) is 3.96. The Balaban J connectivity index is 1.98. The van der Waals surface area contributed by atoms with E-state index in [2.05, 4.69) is 5.32 Å². The minimum absolute atomic E-state index is 0.0444. The smallest absolute Gasteiger partial charge is 0.254 e. The molecule has 0 spiro atoms. The average Bonchev–Trinajstić information content (AvgIpc) is 2.60. The highest BCUT2D eigenvalue weighted by Gasteiger charge is 2.19. The molecule has 2 aromatic rings. The van der Waals surface area contributed by atoms with Crippen LogP contribution in [0.25, 0.3) is 0 Å². The van der Waals surface area contributed by atoms with Crippen molar-refractivity contribution >= 4 is 11.8 Å². The Bertz CT molecular complexity index is 824. The van der Waals surface area contributed by atoms with Crippen LogP contribution in [0.2, 0.25) is 0 Å². The highest BCUT2D eigenvalue weighted by atomic mass is 19.2. The Hall–Kier alpha value is -2.83. The maximum Gasteiger partial charge on any atom is 0.254 e. The molecule has 0 bridgehead atoms. The van der Waals surface area contributed by atoms with Gasteiger partial charge in [0.05, 0.1) is 5.56 Å². The van der Waals surface area contributed by atoms with Crippen LogP contribution in [0.5, 0.6) is 0 Å². The maximum atomic E-state index is 13.6. The number of amides is 2. The number of nitrogens with one attached hydrogen (secondary N) is 1. The van der Waals surface area contributed by atoms with Crippen LogP contribution in [0, 0.1) is 24.4 Å². The van der Waals surface area contributed by atoms with Crippen molar-refractivity contribution in [3.05, 3.63) is 70.5 Å². The van der Waals surface area contributed by atoms with Crippen molar-refractivity contribution in [3.63, 3.8) is 0 Å². The van der Waals surface area contributed by atoms with E-state index >= 15 is 0 Å². The molecule has 0 aliphatic heterocycles. The Morgan fingerprint density at radius 3 is 2.38 bits per heavy atom. The first-order valence-electron chi connectivity index (χ1n) is 8.03. The van der Waals surface area contributed by atoms with Gasteiger partial charge in [-0.15, -0.1) is 0 Å². The molecule has 26 heavy (non-hydrogen) atoms. The number of hydrogen-bond donors (Lipinski definition) is 1. The second-order valence-electron chi connectivity index (χ2n) is 5.85. The fourth-order valence-corrected chi connectivity index (χ4v) is 2.44. The fraction of sp³-hybridized carbons (Fsp3) is 0.263. The molecule has 0 saturated heterocycles. The van der Waals surface area contributed by atoms with E-state index in [4.69, 9.17) is 0 Å². The Morgan fingerprint density at radius 1 is 1.04 bits per heavy atom. The number of carbonyl (C=O) groups is 2. The number of halogens is 3. The van der Waals surface area contributed by atoms with Gasteiger partial charge in [0.2, 0.25) is 5.91 Å². The van der Waals surface area contributed by atoms with Gasteiger partial charge in [0.25, 0.3) is 5.91 Å². The topological polar surface area (TPSA) is 49.4 Å². The van der Waals surface area contributed by atoms with Crippen LogP contribution in [0.4, 0.5) is 13.2 Å². The van der Waals surface area contributed by atoms with Gasteiger partial charge in [-0.2, -0.15) is 0 Å². The van der Waals surface area contributed by atoms with E-state index in [1.807, 2.05) is 31.2 Å². The predicted molar refractivity (Wildman–Crippen MR) is 90.9 cm³/mol. The summed E-state index contributed by atoms with van der Waals surface area (Å²) in [4.78, 5) is 25.3. The van der Waals surface area contributed by atoms with E-state index in [-0.39, 0.29) is 19.0 Å². The van der Waals surface area contributed by atoms with Crippen molar-refractivity contribution in [2.75, 3.05) is 13.1 Å². The van der Waals surface area contributed by atoms with Crippen molar-refractivity contribution in [1.82, 2.24) is 10.2 Å². The Labute approximate surface area is 149 Å². The van der Waals surface area contributed by atoms with Crippen molar-refractivity contribution < 1.29 is 22.8 Å². The lowest BCUT2D eigenvalue weighted by molar-refractivity contribution is -0.129. The summed E-state index contributed by atoms with van der Waals surface area (Å²) in [5.74, 6) is -5.64. The summed E-state index contributed by atoms with van der Waals surface area (Å²) >= 11 is 0. The quantitative estimate of drug-likeness (QED) is 0.801. The Kier molecular flexibility index (Phi) is 6.38. The average molecular weight is 364 g/mol. The van der Waals surface area contributed by atoms with Crippen LogP contribution in [0.3, 0.4) is 0 Å². The SMILES string of the molecule is CC(=O)N(CCNC(=O)c1ccc(F)c(F)c1F)Cc1ccccc1C. The number of rotatable bonds is 6. The zero-order chi connectivity index (χ0) is 19.3. The molecule has 0 unspecified atom stereocenters. The summed E-state index contributed by atoms with van der Waals surface area (Å²) in [6.07, 6.45) is 0. The molecule has 1 N–H and O–H groups in total. The summed E-state index contributed by atoms with van der Waals surface area (Å²) in [6, 6.07) is 9.16. The van der Waals surface area contributed by atoms with Gasteiger partial charge in [-0.3, -0.25) is 9.59 Å². The van der Waals surface area contributed by atoms with Crippen molar-refractivity contribution in [3.8, 4) is 0 Å². The van der Waals surface area contributed by atoms with E-state index in [0.29, 0.717) is 12.6 Å². The molecule has 2 aromatic carbocycles. The molecule has 0 aliphatic carbocycles. The van der Waals surface area contributed by atoms with Gasteiger partial charge in [-0.1, -0.05) is 24.3 Å². The summed E-state index contributed by atoms with van der Waals surface area (Å²) < 4.78 is 39.7. The van der Waals surface area contributed by atoms with E-state index in [1.165, 1.54) is 11.8 Å². The number of aryl methyl sites for hydroxylation is 1. The highest BCUT2D eigenvalue weighted by Crippen LogP contribution is 2.15. The Morgan fingerprint density at radius 2 is 1.73 bits per heavy atom. The monoisotopic (exact) mass is 364 g/mol. The number of benzene rings is 2. The fourth-order valence-electron chi connectivity index (χ4n) is 2.44. The van der Waals surface area contributed by atoms with E-state index in [1.54, 1.807) is 0 Å². The van der Waals surface area contributed by atoms with E-state index < -0.39 is 28.9 Å². The molecule has 7 heteroatoms. The number of carbonyl (C=O) groups excluding carboxylic acids is 2. The number of nitrogens with zero attached hydrogens (tertiary/aromatic N) is 1. The molecular weight excluding hydrogens is 345 g/mol. The molecule has 0 radical (unpaired) electrons. The van der Waals surface area contributed by atoms with E-state index in [9.17, 15) is 22.8 Å². The predicted octanol–water partition coefficient (Wildman–Crippen LogP) is 3.19. The van der Waals surface area contributed by atoms with Crippen LogP contribution in [-0.4, -0.2) is 29.8 Å². The van der Waals surface area contributed by atoms with Gasteiger partial charge < -0.3 is 10.2 Å². The molecule has 0 atom stereocenters. The lowest BCUT2D eigenvalue weighted by Gasteiger charge is -2.22. The van der Waals surface area contributed by atoms with Gasteiger partial charge in [-0.25, -0.2) is 13.2 Å². The third-order valence-corrected chi connectivity index (χ3v) is 4.01. The van der Waals surface area contributed by atoms with Gasteiger partial charge in [0.15, 0.2) is 17.5 Å². The van der Waals surface area contributed by atoms with Crippen LogP contribution < -0.4 is 5.32 Å². The molecule has 0 saturated carbocycles. The normalized spacial score (nSPS) is 10.5. The molecule has 0 aliphatic rings. The first-order valence-corrected chi connectivity index (χ1v) is 8.03. The molecular formula is C19H19F3N2O2. The minimum Gasteiger partial charge on any atom is -0.350 e. The van der Waals surface area contributed by atoms with Crippen LogP contribution in [-0.2, 0) is 11.3 Å². The van der Waals surface area contributed by atoms with Crippen LogP contribution in [0.1, 0.15) is 28.4 Å². The lowest BCUT2D eigenvalue weighted by atomic mass is 10.1. The van der Waals surface area contributed by atoms with Gasteiger partial charge in [0.1, 0.15) is 0 Å². The zero-order valence-electron chi connectivity index (χ0n) is 14.5. The third kappa shape index (κ3) is 4.62. The molecule has 0 heterocycles. The van der Waals surface area contributed by atoms with Crippen LogP contribution in [0.15, 0.2) is 36.4 Å². The summed E-state index contributed by atoms with van der Waals surface area (Å²) in [7, 11) is 0. The van der Waals surface area contributed by atoms with Gasteiger partial charge in [0, 0.05) is 26.6 Å². The van der Waals surface area contributed by atoms with Crippen molar-refractivity contribution in [2.45, 2.75) is 20.4 Å². The molecule has 0 fully saturated rings. The van der Waals surface area contributed by atoms with Crippen molar-refractivity contribution in [1.29, 1.82) is 0 Å². The highest BCUT2D eigenvalue weighted by molar-refractivity contribution is 5.94. The van der Waals surface area contributed by atoms with Crippen molar-refractivity contribution in [2.24, 2.45) is 0 Å². The second kappa shape index (κ2) is 8.51. The molecule has 2 rings (SSSR count). The van der Waals surface area contributed by atoms with Gasteiger partial charge >= 0.3 is 0 Å². The van der Waals surface area contributed by atoms with Crippen LogP contribution >= 0.6 is 0 Å². The maximum absolute atomic E-state index is 13.6. The van der Waals surface area contributed by atoms with Gasteiger partial charge in [-0.05, 0) is 30.2 Å². The lowest BCUT2D eigenvalue weighted by Crippen LogP contribution is -2.37. The molecule has 138 valence electrons. The van der Waals surface area contributed by atoms with E-state index in [0.717, 1.165) is 17.2 Å². The first-order chi connectivity index (χ1) is 12.3. The standard InChI is InChI=1S/C19H19F3N2O2/c1-12-5-3-4-6-14(12)11-24(13(2)25)10-9-23-19(26)15-7-8-16(20)18(22)17(15)21/h3-8H,9-11H2,1-2H3,(H,23,26). The molecule has 4 nitrogen and oxygen atoms in total. The number of hydrogen-bond acceptors (Lipinski definition) is 2. The second-order valence-corrected chi connectivity index (χ2v) is 5.85. The summed E-state index contributed by atoms with van der Waals surface area (Å²) in [5, 5.41) is 2.41. The summed E-state index contributed by atoms with van der Waals surface area (Å²) in [5.41, 5.74) is 1.42.